The molecule has 0 aliphatic heterocycles. The predicted molar refractivity (Wildman–Crippen MR) is 58.4 cm³/mol. The zero-order valence-corrected chi connectivity index (χ0v) is 10.1. The van der Waals surface area contributed by atoms with Crippen LogP contribution in [0.3, 0.4) is 0 Å². The number of hydrogen-bond donors (Lipinski definition) is 1. The van der Waals surface area contributed by atoms with Crippen molar-refractivity contribution in [2.24, 2.45) is 5.41 Å². The van der Waals surface area contributed by atoms with Crippen LogP contribution in [0.1, 0.15) is 27.2 Å². The molecule has 0 radical (unpaired) electrons. The average Bonchev–Trinajstić information content (AvgIpc) is 2.12. The molecule has 0 aromatic rings. The van der Waals surface area contributed by atoms with Crippen LogP contribution in [-0.4, -0.2) is 41.5 Å². The predicted octanol–water partition coefficient (Wildman–Crippen LogP) is 1.48. The van der Waals surface area contributed by atoms with Crippen LogP contribution >= 0.6 is 11.6 Å². The summed E-state index contributed by atoms with van der Waals surface area (Å²) in [6, 6.07) is 0. The van der Waals surface area contributed by atoms with E-state index in [2.05, 4.69) is 0 Å². The Morgan fingerprint density at radius 2 is 2.07 bits per heavy atom. The highest BCUT2D eigenvalue weighted by atomic mass is 35.5. The lowest BCUT2D eigenvalue weighted by Crippen LogP contribution is -2.40. The molecule has 0 aliphatic carbocycles. The number of carbonyl (C=O) groups is 1. The highest BCUT2D eigenvalue weighted by Gasteiger charge is 2.29. The van der Waals surface area contributed by atoms with E-state index in [1.165, 1.54) is 0 Å². The van der Waals surface area contributed by atoms with Crippen molar-refractivity contribution in [3.63, 3.8) is 0 Å². The van der Waals surface area contributed by atoms with Gasteiger partial charge in [-0.2, -0.15) is 0 Å². The van der Waals surface area contributed by atoms with Crippen LogP contribution in [0.15, 0.2) is 0 Å². The molecule has 4 heteroatoms. The molecule has 0 aromatic carbocycles. The number of nitrogens with zero attached hydrogens (tertiary/aromatic N) is 1. The first-order chi connectivity index (χ1) is 6.31. The maximum absolute atomic E-state index is 11.8. The largest absolute Gasteiger partial charge is 0.393 e. The molecule has 0 rings (SSSR count). The third-order valence-corrected chi connectivity index (χ3v) is 2.81. The Morgan fingerprint density at radius 1 is 1.57 bits per heavy atom. The monoisotopic (exact) mass is 221 g/mol. The molecule has 14 heavy (non-hydrogen) atoms. The van der Waals surface area contributed by atoms with E-state index in [4.69, 9.17) is 16.7 Å². The van der Waals surface area contributed by atoms with Gasteiger partial charge in [0.25, 0.3) is 0 Å². The molecule has 0 aromatic heterocycles. The Balaban J connectivity index is 4.12. The second-order valence-electron chi connectivity index (χ2n) is 4.38. The Kier molecular flexibility index (Phi) is 5.45. The summed E-state index contributed by atoms with van der Waals surface area (Å²) in [7, 11) is 1.74. The third kappa shape index (κ3) is 4.29. The average molecular weight is 222 g/mol. The van der Waals surface area contributed by atoms with E-state index in [-0.39, 0.29) is 12.0 Å². The number of rotatable bonds is 5. The summed E-state index contributed by atoms with van der Waals surface area (Å²) in [6.45, 7) is 5.92. The van der Waals surface area contributed by atoms with Gasteiger partial charge in [-0.1, -0.05) is 0 Å². The highest BCUT2D eigenvalue weighted by Crippen LogP contribution is 2.20. The maximum Gasteiger partial charge on any atom is 0.229 e. The summed E-state index contributed by atoms with van der Waals surface area (Å²) in [4.78, 5) is 13.4. The van der Waals surface area contributed by atoms with Crippen molar-refractivity contribution < 1.29 is 9.90 Å². The quantitative estimate of drug-likeness (QED) is 0.715. The second-order valence-corrected chi connectivity index (χ2v) is 4.65. The summed E-state index contributed by atoms with van der Waals surface area (Å²) >= 11 is 5.70. The number of aliphatic hydroxyl groups excluding tert-OH is 1. The summed E-state index contributed by atoms with van der Waals surface area (Å²) < 4.78 is 0. The van der Waals surface area contributed by atoms with Crippen molar-refractivity contribution in [2.45, 2.75) is 33.3 Å². The zero-order valence-electron chi connectivity index (χ0n) is 9.38. The summed E-state index contributed by atoms with van der Waals surface area (Å²) in [5, 5.41) is 9.08. The fourth-order valence-corrected chi connectivity index (χ4v) is 1.17. The van der Waals surface area contributed by atoms with Crippen LogP contribution in [0.5, 0.6) is 0 Å². The van der Waals surface area contributed by atoms with E-state index in [0.29, 0.717) is 18.8 Å². The minimum Gasteiger partial charge on any atom is -0.393 e. The summed E-state index contributed by atoms with van der Waals surface area (Å²) in [5.41, 5.74) is -0.519. The standard InChI is InChI=1S/C10H20ClNO2/c1-8(13)5-6-12(4)9(14)10(2,3)7-11/h8,13H,5-7H2,1-4H3. The smallest absolute Gasteiger partial charge is 0.229 e. The van der Waals surface area contributed by atoms with Gasteiger partial charge in [0, 0.05) is 19.5 Å². The highest BCUT2D eigenvalue weighted by molar-refractivity contribution is 6.19. The van der Waals surface area contributed by atoms with Gasteiger partial charge < -0.3 is 10.0 Å². The van der Waals surface area contributed by atoms with E-state index in [1.54, 1.807) is 18.9 Å². The number of hydrogen-bond acceptors (Lipinski definition) is 2. The molecule has 0 saturated heterocycles. The SMILES string of the molecule is CC(O)CCN(C)C(=O)C(C)(C)CCl. The first-order valence-corrected chi connectivity index (χ1v) is 5.34. The van der Waals surface area contributed by atoms with Gasteiger partial charge in [-0.3, -0.25) is 4.79 Å². The molecule has 3 nitrogen and oxygen atoms in total. The van der Waals surface area contributed by atoms with Gasteiger partial charge in [-0.05, 0) is 27.2 Å². The van der Waals surface area contributed by atoms with E-state index in [9.17, 15) is 4.79 Å². The van der Waals surface area contributed by atoms with Crippen LogP contribution in [0.25, 0.3) is 0 Å². The molecule has 0 bridgehead atoms. The minimum absolute atomic E-state index is 0.0214. The lowest BCUT2D eigenvalue weighted by atomic mass is 9.94. The minimum atomic E-state index is -0.519. The van der Waals surface area contributed by atoms with Crippen LogP contribution in [0.2, 0.25) is 0 Å². The molecular formula is C10H20ClNO2. The van der Waals surface area contributed by atoms with Crippen LogP contribution in [-0.2, 0) is 4.79 Å². The molecule has 1 atom stereocenters. The lowest BCUT2D eigenvalue weighted by molar-refractivity contribution is -0.138. The van der Waals surface area contributed by atoms with Gasteiger partial charge in [0.05, 0.1) is 11.5 Å². The van der Waals surface area contributed by atoms with Crippen molar-refractivity contribution in [3.8, 4) is 0 Å². The van der Waals surface area contributed by atoms with E-state index >= 15 is 0 Å². The van der Waals surface area contributed by atoms with E-state index in [1.807, 2.05) is 13.8 Å². The molecule has 0 spiro atoms. The number of aliphatic hydroxyl groups is 1. The molecular weight excluding hydrogens is 202 g/mol. The van der Waals surface area contributed by atoms with E-state index < -0.39 is 5.41 Å². The van der Waals surface area contributed by atoms with Crippen molar-refractivity contribution in [1.82, 2.24) is 4.90 Å². The fourth-order valence-electron chi connectivity index (χ4n) is 1.06. The third-order valence-electron chi connectivity index (χ3n) is 2.14. The zero-order chi connectivity index (χ0) is 11.4. The van der Waals surface area contributed by atoms with Gasteiger partial charge in [0.2, 0.25) is 5.91 Å². The summed E-state index contributed by atoms with van der Waals surface area (Å²) in [6.07, 6.45) is 0.227. The Morgan fingerprint density at radius 3 is 2.43 bits per heavy atom. The fraction of sp³-hybridized carbons (Fsp3) is 0.900. The van der Waals surface area contributed by atoms with Gasteiger partial charge in [-0.25, -0.2) is 0 Å². The van der Waals surface area contributed by atoms with Crippen molar-refractivity contribution in [3.05, 3.63) is 0 Å². The molecule has 1 unspecified atom stereocenters. The van der Waals surface area contributed by atoms with Crippen molar-refractivity contribution in [1.29, 1.82) is 0 Å². The van der Waals surface area contributed by atoms with Crippen LogP contribution in [0.4, 0.5) is 0 Å². The molecule has 84 valence electrons. The van der Waals surface area contributed by atoms with Gasteiger partial charge in [-0.15, -0.1) is 11.6 Å². The Bertz CT molecular complexity index is 193. The first kappa shape index (κ1) is 13.7. The normalized spacial score (nSPS) is 13.9. The number of carbonyl (C=O) groups excluding carboxylic acids is 1. The first-order valence-electron chi connectivity index (χ1n) is 4.81. The maximum atomic E-state index is 11.8. The number of alkyl halides is 1. The molecule has 0 heterocycles. The number of halogens is 1. The topological polar surface area (TPSA) is 40.5 Å². The Labute approximate surface area is 91.0 Å². The van der Waals surface area contributed by atoms with E-state index in [0.717, 1.165) is 0 Å². The Hall–Kier alpha value is -0.280. The molecule has 0 aliphatic rings. The van der Waals surface area contributed by atoms with Crippen molar-refractivity contribution in [2.75, 3.05) is 19.5 Å². The molecule has 1 N–H and O–H groups in total. The molecule has 0 fully saturated rings. The van der Waals surface area contributed by atoms with Crippen LogP contribution < -0.4 is 0 Å². The molecule has 1 amide bonds. The van der Waals surface area contributed by atoms with Gasteiger partial charge >= 0.3 is 0 Å². The van der Waals surface area contributed by atoms with Crippen molar-refractivity contribution >= 4 is 17.5 Å². The second kappa shape index (κ2) is 5.56. The summed E-state index contributed by atoms with van der Waals surface area (Å²) in [5.74, 6) is 0.332. The molecule has 0 saturated carbocycles. The van der Waals surface area contributed by atoms with Crippen LogP contribution in [0, 0.1) is 5.41 Å². The van der Waals surface area contributed by atoms with Gasteiger partial charge in [0.1, 0.15) is 0 Å². The lowest BCUT2D eigenvalue weighted by Gasteiger charge is -2.27. The van der Waals surface area contributed by atoms with Gasteiger partial charge in [0.15, 0.2) is 0 Å². The number of amides is 1.